The second kappa shape index (κ2) is 7.51. The van der Waals surface area contributed by atoms with Gasteiger partial charge in [-0.2, -0.15) is 0 Å². The molecular formula is C14H20N2O3. The van der Waals surface area contributed by atoms with Crippen LogP contribution in [-0.4, -0.2) is 19.6 Å². The Hall–Kier alpha value is -1.91. The Bertz CT molecular complexity index is 442. The predicted octanol–water partition coefficient (Wildman–Crippen LogP) is 3.72. The topological polar surface area (TPSA) is 67.8 Å². The molecule has 0 aliphatic heterocycles. The van der Waals surface area contributed by atoms with Crippen molar-refractivity contribution in [3.05, 3.63) is 28.7 Å². The van der Waals surface area contributed by atoms with E-state index in [1.165, 1.54) is 19.2 Å². The van der Waals surface area contributed by atoms with E-state index in [0.717, 1.165) is 19.4 Å². The molecule has 0 heterocycles. The molecule has 1 N–H and O–H groups in total. The van der Waals surface area contributed by atoms with Gasteiger partial charge in [-0.3, -0.25) is 0 Å². The van der Waals surface area contributed by atoms with Crippen molar-refractivity contribution in [3.63, 3.8) is 0 Å². The fourth-order valence-corrected chi connectivity index (χ4v) is 1.83. The van der Waals surface area contributed by atoms with Gasteiger partial charge in [0.15, 0.2) is 0 Å². The van der Waals surface area contributed by atoms with Gasteiger partial charge in [0.2, 0.25) is 0 Å². The van der Waals surface area contributed by atoms with Crippen LogP contribution in [0, 0.1) is 10.8 Å². The minimum Gasteiger partial charge on any atom is -0.465 e. The summed E-state index contributed by atoms with van der Waals surface area (Å²) in [6.07, 6.45) is 2.12. The van der Waals surface area contributed by atoms with Gasteiger partial charge < -0.3 is 10.1 Å². The Kier molecular flexibility index (Phi) is 5.99. The Morgan fingerprint density at radius 3 is 2.58 bits per heavy atom. The molecule has 104 valence electrons. The summed E-state index contributed by atoms with van der Waals surface area (Å²) in [5.41, 5.74) is 1.28. The first-order valence-corrected chi connectivity index (χ1v) is 6.45. The molecule has 0 saturated heterocycles. The summed E-state index contributed by atoms with van der Waals surface area (Å²) >= 11 is 0. The van der Waals surface area contributed by atoms with Crippen LogP contribution in [0.4, 0.5) is 11.4 Å². The van der Waals surface area contributed by atoms with Crippen molar-refractivity contribution in [1.82, 2.24) is 0 Å². The first-order chi connectivity index (χ1) is 9.15. The van der Waals surface area contributed by atoms with Crippen molar-refractivity contribution in [2.24, 2.45) is 11.1 Å². The standard InChI is InChI=1S/C14H20N2O3/c1-4-10(5-2)9-15-13-8-11(14(17)19-3)6-7-12(13)16-18/h6-8,10,15H,4-5,9H2,1-3H3. The van der Waals surface area contributed by atoms with E-state index in [9.17, 15) is 9.70 Å². The van der Waals surface area contributed by atoms with Crippen molar-refractivity contribution in [3.8, 4) is 0 Å². The second-order valence-corrected chi connectivity index (χ2v) is 4.38. The molecule has 1 aromatic rings. The molecule has 19 heavy (non-hydrogen) atoms. The molecule has 0 aliphatic rings. The van der Waals surface area contributed by atoms with Crippen LogP contribution in [0.15, 0.2) is 23.4 Å². The zero-order chi connectivity index (χ0) is 14.3. The average molecular weight is 264 g/mol. The first kappa shape index (κ1) is 15.1. The molecule has 0 fully saturated rings. The van der Waals surface area contributed by atoms with Crippen molar-refractivity contribution in [2.75, 3.05) is 19.0 Å². The van der Waals surface area contributed by atoms with Gasteiger partial charge in [-0.25, -0.2) is 4.79 Å². The summed E-state index contributed by atoms with van der Waals surface area (Å²) in [6.45, 7) is 5.00. The summed E-state index contributed by atoms with van der Waals surface area (Å²) in [7, 11) is 1.32. The van der Waals surface area contributed by atoms with Gasteiger partial charge in [0.1, 0.15) is 5.69 Å². The molecule has 0 atom stereocenters. The highest BCUT2D eigenvalue weighted by Gasteiger charge is 2.11. The highest BCUT2D eigenvalue weighted by molar-refractivity contribution is 5.91. The van der Waals surface area contributed by atoms with E-state index in [1.54, 1.807) is 6.07 Å². The number of benzene rings is 1. The number of methoxy groups -OCH3 is 1. The lowest BCUT2D eigenvalue weighted by atomic mass is 10.0. The number of anilines is 1. The fourth-order valence-electron chi connectivity index (χ4n) is 1.83. The lowest BCUT2D eigenvalue weighted by Crippen LogP contribution is -2.13. The maximum absolute atomic E-state index is 11.5. The van der Waals surface area contributed by atoms with Crippen molar-refractivity contribution >= 4 is 17.3 Å². The molecule has 0 saturated carbocycles. The number of hydrogen-bond donors (Lipinski definition) is 1. The van der Waals surface area contributed by atoms with Gasteiger partial charge in [-0.15, -0.1) is 4.91 Å². The molecule has 0 amide bonds. The van der Waals surface area contributed by atoms with E-state index < -0.39 is 5.97 Å². The molecule has 5 heteroatoms. The number of esters is 1. The summed E-state index contributed by atoms with van der Waals surface area (Å²) < 4.78 is 4.66. The van der Waals surface area contributed by atoms with Gasteiger partial charge in [-0.05, 0) is 29.3 Å². The quantitative estimate of drug-likeness (QED) is 0.602. The first-order valence-electron chi connectivity index (χ1n) is 6.45. The van der Waals surface area contributed by atoms with E-state index in [2.05, 4.69) is 29.1 Å². The van der Waals surface area contributed by atoms with E-state index in [1.807, 2.05) is 0 Å². The monoisotopic (exact) mass is 264 g/mol. The zero-order valence-corrected chi connectivity index (χ0v) is 11.6. The van der Waals surface area contributed by atoms with Gasteiger partial charge in [0.25, 0.3) is 0 Å². The third-order valence-electron chi connectivity index (χ3n) is 3.25. The van der Waals surface area contributed by atoms with Crippen LogP contribution in [0.2, 0.25) is 0 Å². The molecule has 0 aliphatic carbocycles. The Balaban J connectivity index is 2.90. The van der Waals surface area contributed by atoms with Crippen LogP contribution in [0.25, 0.3) is 0 Å². The summed E-state index contributed by atoms with van der Waals surface area (Å²) in [6, 6.07) is 4.66. The van der Waals surface area contributed by atoms with E-state index in [4.69, 9.17) is 0 Å². The number of carbonyl (C=O) groups excluding carboxylic acids is 1. The van der Waals surface area contributed by atoms with Crippen LogP contribution >= 0.6 is 0 Å². The maximum Gasteiger partial charge on any atom is 0.337 e. The van der Waals surface area contributed by atoms with Crippen molar-refractivity contribution in [1.29, 1.82) is 0 Å². The zero-order valence-electron chi connectivity index (χ0n) is 11.6. The normalized spacial score (nSPS) is 10.3. The number of nitroso groups, excluding NO2 is 1. The average Bonchev–Trinajstić information content (AvgIpc) is 2.47. The minimum absolute atomic E-state index is 0.304. The molecule has 1 rings (SSSR count). The van der Waals surface area contributed by atoms with E-state index in [-0.39, 0.29) is 0 Å². The molecule has 0 spiro atoms. The highest BCUT2D eigenvalue weighted by atomic mass is 16.5. The van der Waals surface area contributed by atoms with Crippen molar-refractivity contribution < 1.29 is 9.53 Å². The molecule has 1 aromatic carbocycles. The molecule has 5 nitrogen and oxygen atoms in total. The summed E-state index contributed by atoms with van der Waals surface area (Å²) in [4.78, 5) is 22.2. The molecule has 0 radical (unpaired) electrons. The summed E-state index contributed by atoms with van der Waals surface area (Å²) in [5, 5.41) is 6.15. The number of rotatable bonds is 7. The summed E-state index contributed by atoms with van der Waals surface area (Å²) in [5.74, 6) is 0.101. The van der Waals surface area contributed by atoms with E-state index >= 15 is 0 Å². The van der Waals surface area contributed by atoms with Gasteiger partial charge in [0, 0.05) is 6.54 Å². The second-order valence-electron chi connectivity index (χ2n) is 4.38. The predicted molar refractivity (Wildman–Crippen MR) is 75.8 cm³/mol. The third kappa shape index (κ3) is 4.05. The number of hydrogen-bond acceptors (Lipinski definition) is 5. The third-order valence-corrected chi connectivity index (χ3v) is 3.25. The van der Waals surface area contributed by atoms with Crippen LogP contribution in [-0.2, 0) is 4.74 Å². The largest absolute Gasteiger partial charge is 0.465 e. The molecule has 0 aromatic heterocycles. The van der Waals surface area contributed by atoms with Crippen LogP contribution < -0.4 is 5.32 Å². The van der Waals surface area contributed by atoms with Crippen LogP contribution in [0.3, 0.4) is 0 Å². The number of ether oxygens (including phenoxy) is 1. The van der Waals surface area contributed by atoms with Gasteiger partial charge in [-0.1, -0.05) is 26.7 Å². The number of nitrogens with zero attached hydrogens (tertiary/aromatic N) is 1. The Morgan fingerprint density at radius 2 is 2.05 bits per heavy atom. The van der Waals surface area contributed by atoms with E-state index in [0.29, 0.717) is 22.9 Å². The molecule has 0 bridgehead atoms. The van der Waals surface area contributed by atoms with Crippen LogP contribution in [0.5, 0.6) is 0 Å². The SMILES string of the molecule is CCC(CC)CNc1cc(C(=O)OC)ccc1N=O. The molecule has 0 unspecified atom stereocenters. The van der Waals surface area contributed by atoms with Gasteiger partial charge in [0.05, 0.1) is 18.4 Å². The fraction of sp³-hybridized carbons (Fsp3) is 0.500. The molecular weight excluding hydrogens is 244 g/mol. The Labute approximate surface area is 113 Å². The number of nitrogens with one attached hydrogen (secondary N) is 1. The lowest BCUT2D eigenvalue weighted by Gasteiger charge is -2.15. The maximum atomic E-state index is 11.5. The lowest BCUT2D eigenvalue weighted by molar-refractivity contribution is 0.0601. The van der Waals surface area contributed by atoms with Crippen molar-refractivity contribution in [2.45, 2.75) is 26.7 Å². The minimum atomic E-state index is -0.428. The smallest absolute Gasteiger partial charge is 0.337 e. The van der Waals surface area contributed by atoms with Gasteiger partial charge >= 0.3 is 5.97 Å². The Morgan fingerprint density at radius 1 is 1.37 bits per heavy atom. The number of carbonyl (C=O) groups is 1. The van der Waals surface area contributed by atoms with Crippen LogP contribution in [0.1, 0.15) is 37.0 Å². The highest BCUT2D eigenvalue weighted by Crippen LogP contribution is 2.27.